The molecule has 0 amide bonds. The molecule has 0 spiro atoms. The standard InChI is InChI=1S/C13H18N4O3S/c1-4-20-11-7-5-6-10(8-11)16-21(18,19)12-9(2)17(3)15-13(12)14/h5-8,16H,4H2,1-3H3,(H2,14,15). The van der Waals surface area contributed by atoms with Crippen molar-refractivity contribution in [3.8, 4) is 5.75 Å². The number of nitrogen functional groups attached to an aromatic ring is 1. The zero-order valence-corrected chi connectivity index (χ0v) is 12.9. The van der Waals surface area contributed by atoms with Crippen molar-refractivity contribution in [2.24, 2.45) is 7.05 Å². The molecule has 1 aromatic carbocycles. The van der Waals surface area contributed by atoms with Gasteiger partial charge < -0.3 is 10.5 Å². The Bertz CT molecular complexity index is 753. The van der Waals surface area contributed by atoms with Gasteiger partial charge in [0.1, 0.15) is 5.75 Å². The van der Waals surface area contributed by atoms with Crippen LogP contribution in [0.5, 0.6) is 5.75 Å². The molecule has 0 saturated heterocycles. The summed E-state index contributed by atoms with van der Waals surface area (Å²) in [6.07, 6.45) is 0. The van der Waals surface area contributed by atoms with E-state index >= 15 is 0 Å². The van der Waals surface area contributed by atoms with E-state index in [9.17, 15) is 8.42 Å². The molecule has 1 heterocycles. The third-order valence-electron chi connectivity index (χ3n) is 2.97. The summed E-state index contributed by atoms with van der Waals surface area (Å²) in [5, 5.41) is 3.92. The molecule has 0 fully saturated rings. The Morgan fingerprint density at radius 3 is 2.71 bits per heavy atom. The molecule has 0 atom stereocenters. The van der Waals surface area contributed by atoms with Gasteiger partial charge >= 0.3 is 0 Å². The van der Waals surface area contributed by atoms with E-state index in [0.717, 1.165) is 0 Å². The summed E-state index contributed by atoms with van der Waals surface area (Å²) in [4.78, 5) is -0.00758. The summed E-state index contributed by atoms with van der Waals surface area (Å²) in [5.41, 5.74) is 6.56. The number of hydrogen-bond donors (Lipinski definition) is 2. The number of anilines is 2. The highest BCUT2D eigenvalue weighted by Gasteiger charge is 2.24. The molecule has 0 aliphatic heterocycles. The van der Waals surface area contributed by atoms with Crippen molar-refractivity contribution >= 4 is 21.5 Å². The van der Waals surface area contributed by atoms with Crippen LogP contribution in [0.2, 0.25) is 0 Å². The van der Waals surface area contributed by atoms with E-state index in [1.54, 1.807) is 38.2 Å². The number of nitrogens with one attached hydrogen (secondary N) is 1. The fourth-order valence-electron chi connectivity index (χ4n) is 1.97. The summed E-state index contributed by atoms with van der Waals surface area (Å²) < 4.78 is 34.1. The summed E-state index contributed by atoms with van der Waals surface area (Å²) >= 11 is 0. The van der Waals surface area contributed by atoms with Gasteiger partial charge in [0.05, 0.1) is 18.0 Å². The minimum absolute atomic E-state index is 0.00758. The summed E-state index contributed by atoms with van der Waals surface area (Å²) in [6, 6.07) is 6.72. The largest absolute Gasteiger partial charge is 0.494 e. The number of ether oxygens (including phenoxy) is 1. The molecule has 1 aromatic heterocycles. The molecule has 0 aliphatic rings. The molecule has 0 aliphatic carbocycles. The average molecular weight is 310 g/mol. The third-order valence-corrected chi connectivity index (χ3v) is 4.52. The molecule has 0 radical (unpaired) electrons. The molecular weight excluding hydrogens is 292 g/mol. The minimum atomic E-state index is -3.80. The van der Waals surface area contributed by atoms with Crippen molar-refractivity contribution in [1.82, 2.24) is 9.78 Å². The number of rotatable bonds is 5. The molecule has 0 saturated carbocycles. The summed E-state index contributed by atoms with van der Waals surface area (Å²) in [7, 11) is -2.16. The minimum Gasteiger partial charge on any atom is -0.494 e. The molecular formula is C13H18N4O3S. The molecule has 0 bridgehead atoms. The van der Waals surface area contributed by atoms with Gasteiger partial charge in [0.15, 0.2) is 10.7 Å². The van der Waals surface area contributed by atoms with Gasteiger partial charge in [0.25, 0.3) is 10.0 Å². The molecule has 114 valence electrons. The van der Waals surface area contributed by atoms with Crippen LogP contribution in [0.15, 0.2) is 29.2 Å². The molecule has 2 rings (SSSR count). The summed E-state index contributed by atoms with van der Waals surface area (Å²) in [5.74, 6) is 0.567. The molecule has 0 unspecified atom stereocenters. The first kappa shape index (κ1) is 15.2. The lowest BCUT2D eigenvalue weighted by atomic mass is 10.3. The Kier molecular flexibility index (Phi) is 4.08. The smallest absolute Gasteiger partial charge is 0.267 e. The predicted octanol–water partition coefficient (Wildman–Crippen LogP) is 1.51. The number of benzene rings is 1. The van der Waals surface area contributed by atoms with Gasteiger partial charge in [-0.3, -0.25) is 9.40 Å². The van der Waals surface area contributed by atoms with Crippen LogP contribution in [0.3, 0.4) is 0 Å². The van der Waals surface area contributed by atoms with Crippen LogP contribution in [0.25, 0.3) is 0 Å². The maximum atomic E-state index is 12.4. The Morgan fingerprint density at radius 2 is 2.14 bits per heavy atom. The molecule has 2 aromatic rings. The highest BCUT2D eigenvalue weighted by molar-refractivity contribution is 7.93. The van der Waals surface area contributed by atoms with E-state index in [1.807, 2.05) is 6.92 Å². The Labute approximate surface area is 123 Å². The van der Waals surface area contributed by atoms with E-state index in [0.29, 0.717) is 23.7 Å². The monoisotopic (exact) mass is 310 g/mol. The normalized spacial score (nSPS) is 11.4. The second-order valence-electron chi connectivity index (χ2n) is 4.49. The maximum absolute atomic E-state index is 12.4. The number of nitrogens with two attached hydrogens (primary N) is 1. The van der Waals surface area contributed by atoms with Crippen LogP contribution in [0.4, 0.5) is 11.5 Å². The third kappa shape index (κ3) is 3.10. The van der Waals surface area contributed by atoms with E-state index in [4.69, 9.17) is 10.5 Å². The van der Waals surface area contributed by atoms with Crippen LogP contribution in [-0.4, -0.2) is 24.8 Å². The SMILES string of the molecule is CCOc1cccc(NS(=O)(=O)c2c(N)nn(C)c2C)c1. The number of hydrogen-bond acceptors (Lipinski definition) is 5. The van der Waals surface area contributed by atoms with Crippen molar-refractivity contribution in [3.05, 3.63) is 30.0 Å². The Balaban J connectivity index is 2.35. The molecule has 7 nitrogen and oxygen atoms in total. The van der Waals surface area contributed by atoms with Crippen molar-refractivity contribution in [2.45, 2.75) is 18.7 Å². The zero-order chi connectivity index (χ0) is 15.6. The van der Waals surface area contributed by atoms with Gasteiger partial charge in [-0.05, 0) is 26.0 Å². The van der Waals surface area contributed by atoms with Crippen molar-refractivity contribution in [3.63, 3.8) is 0 Å². The van der Waals surface area contributed by atoms with Crippen molar-refractivity contribution in [2.75, 3.05) is 17.1 Å². The van der Waals surface area contributed by atoms with Gasteiger partial charge in [-0.15, -0.1) is 0 Å². The van der Waals surface area contributed by atoms with Crippen LogP contribution >= 0.6 is 0 Å². The zero-order valence-electron chi connectivity index (χ0n) is 12.1. The lowest BCUT2D eigenvalue weighted by molar-refractivity contribution is 0.340. The van der Waals surface area contributed by atoms with E-state index < -0.39 is 10.0 Å². The lowest BCUT2D eigenvalue weighted by Gasteiger charge is -2.10. The van der Waals surface area contributed by atoms with Gasteiger partial charge in [0.2, 0.25) is 0 Å². The predicted molar refractivity (Wildman–Crippen MR) is 80.8 cm³/mol. The first-order valence-electron chi connectivity index (χ1n) is 6.40. The molecule has 3 N–H and O–H groups in total. The Morgan fingerprint density at radius 1 is 1.43 bits per heavy atom. The lowest BCUT2D eigenvalue weighted by Crippen LogP contribution is -2.15. The average Bonchev–Trinajstić information content (AvgIpc) is 2.63. The van der Waals surface area contributed by atoms with Gasteiger partial charge in [0, 0.05) is 13.1 Å². The molecule has 8 heteroatoms. The highest BCUT2D eigenvalue weighted by atomic mass is 32.2. The van der Waals surface area contributed by atoms with Gasteiger partial charge in [-0.25, -0.2) is 8.42 Å². The van der Waals surface area contributed by atoms with Gasteiger partial charge in [-0.2, -0.15) is 5.10 Å². The van der Waals surface area contributed by atoms with Crippen LogP contribution in [0.1, 0.15) is 12.6 Å². The molecule has 21 heavy (non-hydrogen) atoms. The van der Waals surface area contributed by atoms with E-state index in [-0.39, 0.29) is 10.7 Å². The fraction of sp³-hybridized carbons (Fsp3) is 0.308. The number of nitrogens with zero attached hydrogens (tertiary/aromatic N) is 2. The van der Waals surface area contributed by atoms with E-state index in [1.165, 1.54) is 4.68 Å². The van der Waals surface area contributed by atoms with Crippen LogP contribution in [-0.2, 0) is 17.1 Å². The number of aryl methyl sites for hydroxylation is 1. The quantitative estimate of drug-likeness (QED) is 0.872. The van der Waals surface area contributed by atoms with Gasteiger partial charge in [-0.1, -0.05) is 6.07 Å². The highest BCUT2D eigenvalue weighted by Crippen LogP contribution is 2.25. The second-order valence-corrected chi connectivity index (χ2v) is 6.11. The maximum Gasteiger partial charge on any atom is 0.267 e. The first-order valence-corrected chi connectivity index (χ1v) is 7.88. The topological polar surface area (TPSA) is 99.2 Å². The first-order chi connectivity index (χ1) is 9.85. The second kappa shape index (κ2) is 5.65. The van der Waals surface area contributed by atoms with Crippen molar-refractivity contribution in [1.29, 1.82) is 0 Å². The Hall–Kier alpha value is -2.22. The van der Waals surface area contributed by atoms with Crippen molar-refractivity contribution < 1.29 is 13.2 Å². The van der Waals surface area contributed by atoms with E-state index in [2.05, 4.69) is 9.82 Å². The fourth-order valence-corrected chi connectivity index (χ4v) is 3.35. The number of sulfonamides is 1. The number of aromatic nitrogens is 2. The summed E-state index contributed by atoms with van der Waals surface area (Å²) in [6.45, 7) is 4.01. The van der Waals surface area contributed by atoms with Crippen LogP contribution in [0, 0.1) is 6.92 Å². The van der Waals surface area contributed by atoms with Crippen LogP contribution < -0.4 is 15.2 Å².